The van der Waals surface area contributed by atoms with Gasteiger partial charge in [-0.15, -0.1) is 0 Å². The Kier molecular flexibility index (Phi) is 7.52. The van der Waals surface area contributed by atoms with E-state index in [2.05, 4.69) is 40.7 Å². The lowest BCUT2D eigenvalue weighted by atomic mass is 9.80. The molecular weight excluding hydrogens is 340 g/mol. The molecule has 2 N–H and O–H groups in total. The summed E-state index contributed by atoms with van der Waals surface area (Å²) in [4.78, 5) is 7.65. The highest BCUT2D eigenvalue weighted by molar-refractivity contribution is 5.79. The van der Waals surface area contributed by atoms with Gasteiger partial charge in [0.2, 0.25) is 0 Å². The molecule has 1 saturated carbocycles. The molecule has 152 valence electrons. The van der Waals surface area contributed by atoms with E-state index in [-0.39, 0.29) is 5.54 Å². The first-order valence-corrected chi connectivity index (χ1v) is 10.6. The van der Waals surface area contributed by atoms with E-state index in [1.54, 1.807) is 0 Å². The van der Waals surface area contributed by atoms with Crippen molar-refractivity contribution in [3.05, 3.63) is 18.0 Å². The third-order valence-corrected chi connectivity index (χ3v) is 5.74. The summed E-state index contributed by atoms with van der Waals surface area (Å²) in [5, 5.41) is 11.2. The van der Waals surface area contributed by atoms with E-state index in [1.807, 2.05) is 10.9 Å². The second-order valence-corrected chi connectivity index (χ2v) is 7.79. The van der Waals surface area contributed by atoms with Crippen molar-refractivity contribution < 1.29 is 4.74 Å². The number of morpholine rings is 1. The molecule has 3 rings (SSSR count). The third kappa shape index (κ3) is 5.69. The van der Waals surface area contributed by atoms with Crippen LogP contribution in [-0.4, -0.2) is 72.1 Å². The van der Waals surface area contributed by atoms with Crippen LogP contribution in [0, 0.1) is 6.92 Å². The lowest BCUT2D eigenvalue weighted by molar-refractivity contribution is -0.0333. The lowest BCUT2D eigenvalue weighted by Gasteiger charge is -2.47. The van der Waals surface area contributed by atoms with E-state index < -0.39 is 0 Å². The molecule has 0 amide bonds. The van der Waals surface area contributed by atoms with Crippen LogP contribution < -0.4 is 10.6 Å². The summed E-state index contributed by atoms with van der Waals surface area (Å²) in [6, 6.07) is 0. The Balaban J connectivity index is 1.60. The zero-order valence-corrected chi connectivity index (χ0v) is 17.0. The molecule has 0 bridgehead atoms. The fourth-order valence-corrected chi connectivity index (χ4v) is 4.27. The van der Waals surface area contributed by atoms with Gasteiger partial charge in [0.25, 0.3) is 0 Å². The number of aliphatic imine (C=N–C) groups is 1. The van der Waals surface area contributed by atoms with E-state index in [0.717, 1.165) is 58.4 Å². The maximum atomic E-state index is 5.59. The van der Waals surface area contributed by atoms with Gasteiger partial charge in [0.15, 0.2) is 5.96 Å². The molecule has 2 aliphatic rings. The highest BCUT2D eigenvalue weighted by Crippen LogP contribution is 2.34. The molecule has 7 heteroatoms. The Bertz CT molecular complexity index is 587. The van der Waals surface area contributed by atoms with Gasteiger partial charge in [0, 0.05) is 37.9 Å². The van der Waals surface area contributed by atoms with Gasteiger partial charge in [-0.3, -0.25) is 14.6 Å². The number of hydrogen-bond donors (Lipinski definition) is 2. The van der Waals surface area contributed by atoms with Crippen LogP contribution in [0.15, 0.2) is 17.4 Å². The van der Waals surface area contributed by atoms with Gasteiger partial charge in [-0.05, 0) is 32.3 Å². The minimum absolute atomic E-state index is 0.212. The number of nitrogens with zero attached hydrogens (tertiary/aromatic N) is 4. The molecule has 2 fully saturated rings. The number of rotatable bonds is 7. The summed E-state index contributed by atoms with van der Waals surface area (Å²) in [7, 11) is 0. The summed E-state index contributed by atoms with van der Waals surface area (Å²) in [6.07, 6.45) is 10.5. The van der Waals surface area contributed by atoms with Crippen molar-refractivity contribution in [3.63, 3.8) is 0 Å². The number of hydrogen-bond acceptors (Lipinski definition) is 4. The molecule has 1 aromatic rings. The smallest absolute Gasteiger partial charge is 0.191 e. The average Bonchev–Trinajstić information content (AvgIpc) is 3.12. The number of ether oxygens (including phenoxy) is 1. The van der Waals surface area contributed by atoms with Gasteiger partial charge in [0.1, 0.15) is 0 Å². The highest BCUT2D eigenvalue weighted by Gasteiger charge is 2.38. The molecule has 0 unspecified atom stereocenters. The van der Waals surface area contributed by atoms with Crippen LogP contribution >= 0.6 is 0 Å². The van der Waals surface area contributed by atoms with Gasteiger partial charge < -0.3 is 15.4 Å². The fourth-order valence-electron chi connectivity index (χ4n) is 4.27. The third-order valence-electron chi connectivity index (χ3n) is 5.74. The van der Waals surface area contributed by atoms with Gasteiger partial charge >= 0.3 is 0 Å². The maximum absolute atomic E-state index is 5.59. The lowest BCUT2D eigenvalue weighted by Crippen LogP contribution is -2.56. The summed E-state index contributed by atoms with van der Waals surface area (Å²) in [6.45, 7) is 11.4. The Morgan fingerprint density at radius 1 is 1.22 bits per heavy atom. The Morgan fingerprint density at radius 2 is 2.00 bits per heavy atom. The van der Waals surface area contributed by atoms with Crippen LogP contribution in [-0.2, 0) is 11.3 Å². The molecule has 2 heterocycles. The predicted molar refractivity (Wildman–Crippen MR) is 109 cm³/mol. The number of nitrogens with one attached hydrogen (secondary N) is 2. The molecule has 1 aromatic heterocycles. The fraction of sp³-hybridized carbons (Fsp3) is 0.800. The molecule has 1 aliphatic carbocycles. The van der Waals surface area contributed by atoms with Gasteiger partial charge in [-0.25, -0.2) is 0 Å². The van der Waals surface area contributed by atoms with Gasteiger partial charge in [-0.2, -0.15) is 5.10 Å². The molecule has 0 radical (unpaired) electrons. The molecule has 1 saturated heterocycles. The van der Waals surface area contributed by atoms with Crippen LogP contribution in [0.5, 0.6) is 0 Å². The van der Waals surface area contributed by atoms with Gasteiger partial charge in [-0.1, -0.05) is 19.3 Å². The van der Waals surface area contributed by atoms with Crippen LogP contribution in [0.4, 0.5) is 0 Å². The summed E-state index contributed by atoms with van der Waals surface area (Å²) in [5.41, 5.74) is 1.41. The summed E-state index contributed by atoms with van der Waals surface area (Å²) >= 11 is 0. The molecule has 0 aromatic carbocycles. The Labute approximate surface area is 163 Å². The number of aryl methyl sites for hydroxylation is 1. The zero-order chi connectivity index (χ0) is 19.0. The van der Waals surface area contributed by atoms with E-state index in [1.165, 1.54) is 37.7 Å². The number of aromatic nitrogens is 2. The minimum Gasteiger partial charge on any atom is -0.379 e. The maximum Gasteiger partial charge on any atom is 0.191 e. The number of guanidine groups is 1. The Morgan fingerprint density at radius 3 is 2.67 bits per heavy atom. The van der Waals surface area contributed by atoms with Crippen LogP contribution in [0.3, 0.4) is 0 Å². The average molecular weight is 377 g/mol. The van der Waals surface area contributed by atoms with E-state index in [9.17, 15) is 0 Å². The first-order valence-electron chi connectivity index (χ1n) is 10.6. The molecule has 0 atom stereocenters. The monoisotopic (exact) mass is 376 g/mol. The summed E-state index contributed by atoms with van der Waals surface area (Å²) < 4.78 is 7.56. The highest BCUT2D eigenvalue weighted by atomic mass is 16.5. The predicted octanol–water partition coefficient (Wildman–Crippen LogP) is 1.78. The molecule has 7 nitrogen and oxygen atoms in total. The topological polar surface area (TPSA) is 66.7 Å². The van der Waals surface area contributed by atoms with E-state index >= 15 is 0 Å². The van der Waals surface area contributed by atoms with E-state index in [0.29, 0.717) is 0 Å². The van der Waals surface area contributed by atoms with Crippen molar-refractivity contribution in [2.75, 3.05) is 45.9 Å². The second kappa shape index (κ2) is 10.1. The van der Waals surface area contributed by atoms with Crippen LogP contribution in [0.25, 0.3) is 0 Å². The quantitative estimate of drug-likeness (QED) is 0.561. The van der Waals surface area contributed by atoms with Crippen molar-refractivity contribution in [1.82, 2.24) is 25.3 Å². The molecule has 27 heavy (non-hydrogen) atoms. The van der Waals surface area contributed by atoms with Crippen LogP contribution in [0.1, 0.15) is 44.6 Å². The summed E-state index contributed by atoms with van der Waals surface area (Å²) in [5.74, 6) is 0.916. The largest absolute Gasteiger partial charge is 0.379 e. The molecule has 1 aliphatic heterocycles. The molecular formula is C20H36N6O. The van der Waals surface area contributed by atoms with Crippen molar-refractivity contribution in [1.29, 1.82) is 0 Å². The second-order valence-electron chi connectivity index (χ2n) is 7.79. The normalized spacial score (nSPS) is 21.2. The minimum atomic E-state index is 0.212. The first-order chi connectivity index (χ1) is 13.2. The van der Waals surface area contributed by atoms with Gasteiger partial charge in [0.05, 0.1) is 32.5 Å². The SMILES string of the molecule is CCNC(=NCC1(N2CCOCC2)CCCCC1)NCCn1cc(C)cn1. The van der Waals surface area contributed by atoms with E-state index in [4.69, 9.17) is 9.73 Å². The van der Waals surface area contributed by atoms with Crippen LogP contribution in [0.2, 0.25) is 0 Å². The molecule has 0 spiro atoms. The standard InChI is InChI=1S/C20H36N6O/c1-3-21-19(22-9-10-26-16-18(2)15-24-26)23-17-20(7-5-4-6-8-20)25-11-13-27-14-12-25/h15-16H,3-14,17H2,1-2H3,(H2,21,22,23). The first kappa shape index (κ1) is 20.1. The van der Waals surface area contributed by atoms with Crippen molar-refractivity contribution in [2.45, 2.75) is 58.0 Å². The van der Waals surface area contributed by atoms with Crippen molar-refractivity contribution >= 4 is 5.96 Å². The van der Waals surface area contributed by atoms with Crippen molar-refractivity contribution in [3.8, 4) is 0 Å². The zero-order valence-electron chi connectivity index (χ0n) is 17.0. The Hall–Kier alpha value is -1.60. The van der Waals surface area contributed by atoms with Crippen molar-refractivity contribution in [2.24, 2.45) is 4.99 Å².